The molecular weight excluding hydrogens is 342 g/mol. The van der Waals surface area contributed by atoms with Crippen molar-refractivity contribution in [1.29, 1.82) is 0 Å². The number of benzene rings is 1. The van der Waals surface area contributed by atoms with Crippen LogP contribution in [0.25, 0.3) is 0 Å². The van der Waals surface area contributed by atoms with Crippen molar-refractivity contribution in [3.05, 3.63) is 29.8 Å². The van der Waals surface area contributed by atoms with E-state index in [0.717, 1.165) is 25.0 Å². The van der Waals surface area contributed by atoms with E-state index in [1.807, 2.05) is 4.90 Å². The molecule has 2 amide bonds. The van der Waals surface area contributed by atoms with Crippen LogP contribution in [0.3, 0.4) is 0 Å². The van der Waals surface area contributed by atoms with Crippen LogP contribution in [0.15, 0.2) is 18.2 Å². The normalized spacial score (nSPS) is 19.8. The number of anilines is 1. The molecule has 1 saturated heterocycles. The molecule has 6 nitrogen and oxygen atoms in total. The van der Waals surface area contributed by atoms with E-state index in [0.29, 0.717) is 38.8 Å². The predicted molar refractivity (Wildman–Crippen MR) is 93.6 cm³/mol. The summed E-state index contributed by atoms with van der Waals surface area (Å²) in [6, 6.07) is 2.98. The number of piperazine rings is 1. The second-order valence-electron chi connectivity index (χ2n) is 6.94. The zero-order valence-electron chi connectivity index (χ0n) is 14.8. The predicted octanol–water partition coefficient (Wildman–Crippen LogP) is 1.19. The van der Waals surface area contributed by atoms with Crippen molar-refractivity contribution >= 4 is 17.5 Å². The Bertz CT molecular complexity index is 673. The lowest BCUT2D eigenvalue weighted by Crippen LogP contribution is -2.54. The van der Waals surface area contributed by atoms with E-state index in [2.05, 4.69) is 15.5 Å². The minimum atomic E-state index is -0.794. The largest absolute Gasteiger partial charge is 0.352 e. The second kappa shape index (κ2) is 8.09. The first-order chi connectivity index (χ1) is 12.4. The highest BCUT2D eigenvalue weighted by molar-refractivity contribution is 5.94. The third kappa shape index (κ3) is 4.98. The van der Waals surface area contributed by atoms with E-state index in [1.54, 1.807) is 6.92 Å². The summed E-state index contributed by atoms with van der Waals surface area (Å²) >= 11 is 0. The van der Waals surface area contributed by atoms with Gasteiger partial charge < -0.3 is 10.6 Å². The number of nitrogens with one attached hydrogen (secondary N) is 2. The Labute approximate surface area is 151 Å². The van der Waals surface area contributed by atoms with E-state index in [-0.39, 0.29) is 17.5 Å². The number of hydrogen-bond donors (Lipinski definition) is 2. The molecule has 0 bridgehead atoms. The zero-order chi connectivity index (χ0) is 18.7. The van der Waals surface area contributed by atoms with Gasteiger partial charge in [0.25, 0.3) is 0 Å². The maximum atomic E-state index is 13.7. The molecule has 1 aromatic carbocycles. The van der Waals surface area contributed by atoms with Gasteiger partial charge in [-0.05, 0) is 31.9 Å². The molecule has 1 heterocycles. The Morgan fingerprint density at radius 2 is 1.88 bits per heavy atom. The van der Waals surface area contributed by atoms with Gasteiger partial charge in [-0.1, -0.05) is 0 Å². The van der Waals surface area contributed by atoms with Crippen molar-refractivity contribution in [2.24, 2.45) is 0 Å². The fourth-order valence-electron chi connectivity index (χ4n) is 3.01. The van der Waals surface area contributed by atoms with Gasteiger partial charge in [0.1, 0.15) is 11.6 Å². The summed E-state index contributed by atoms with van der Waals surface area (Å²) in [6.07, 6.45) is 2.14. The summed E-state index contributed by atoms with van der Waals surface area (Å²) in [7, 11) is 0. The van der Waals surface area contributed by atoms with Crippen LogP contribution >= 0.6 is 0 Å². The van der Waals surface area contributed by atoms with Gasteiger partial charge in [-0.3, -0.25) is 19.4 Å². The molecule has 1 aliphatic heterocycles. The summed E-state index contributed by atoms with van der Waals surface area (Å²) < 4.78 is 26.6. The molecule has 0 unspecified atom stereocenters. The molecule has 0 aromatic heterocycles. The van der Waals surface area contributed by atoms with Gasteiger partial charge in [-0.15, -0.1) is 0 Å². The van der Waals surface area contributed by atoms with Crippen LogP contribution in [0.4, 0.5) is 14.5 Å². The van der Waals surface area contributed by atoms with E-state index in [1.165, 1.54) is 6.07 Å². The summed E-state index contributed by atoms with van der Waals surface area (Å²) in [5.41, 5.74) is -0.0290. The molecule has 3 rings (SSSR count). The molecule has 1 saturated carbocycles. The molecule has 0 radical (unpaired) electrons. The fourth-order valence-corrected chi connectivity index (χ4v) is 3.01. The smallest absolute Gasteiger partial charge is 0.241 e. The minimum Gasteiger partial charge on any atom is -0.352 e. The Hall–Kier alpha value is -2.06. The molecule has 26 heavy (non-hydrogen) atoms. The highest BCUT2D eigenvalue weighted by atomic mass is 19.1. The van der Waals surface area contributed by atoms with Crippen LogP contribution < -0.4 is 10.6 Å². The summed E-state index contributed by atoms with van der Waals surface area (Å²) in [5.74, 6) is -1.76. The van der Waals surface area contributed by atoms with E-state index in [9.17, 15) is 18.4 Å². The summed E-state index contributed by atoms with van der Waals surface area (Å²) in [6.45, 7) is 4.83. The molecule has 142 valence electrons. The van der Waals surface area contributed by atoms with Crippen LogP contribution in [-0.4, -0.2) is 66.4 Å². The van der Waals surface area contributed by atoms with Gasteiger partial charge in [0, 0.05) is 38.3 Å². The third-order valence-electron chi connectivity index (χ3n) is 4.83. The topological polar surface area (TPSA) is 64.7 Å². The van der Waals surface area contributed by atoms with Crippen LogP contribution in [-0.2, 0) is 9.59 Å². The lowest BCUT2D eigenvalue weighted by molar-refractivity contribution is -0.124. The SMILES string of the molecule is C[C@H](C(=O)Nc1ccc(F)cc1F)N1CCN(CC(=O)NC2CC2)CC1. The maximum absolute atomic E-state index is 13.7. The lowest BCUT2D eigenvalue weighted by Gasteiger charge is -2.37. The molecular formula is C18H24F2N4O2. The summed E-state index contributed by atoms with van der Waals surface area (Å²) in [5, 5.41) is 5.48. The van der Waals surface area contributed by atoms with Crippen molar-refractivity contribution in [3.8, 4) is 0 Å². The number of rotatable bonds is 6. The third-order valence-corrected chi connectivity index (χ3v) is 4.83. The van der Waals surface area contributed by atoms with Crippen molar-refractivity contribution in [2.45, 2.75) is 31.8 Å². The molecule has 2 fully saturated rings. The first kappa shape index (κ1) is 18.7. The lowest BCUT2D eigenvalue weighted by atomic mass is 10.2. The molecule has 2 aliphatic rings. The summed E-state index contributed by atoms with van der Waals surface area (Å²) in [4.78, 5) is 28.3. The van der Waals surface area contributed by atoms with Gasteiger partial charge >= 0.3 is 0 Å². The van der Waals surface area contributed by atoms with Crippen molar-refractivity contribution in [2.75, 3.05) is 38.0 Å². The fraction of sp³-hybridized carbons (Fsp3) is 0.556. The number of halogens is 2. The van der Waals surface area contributed by atoms with Gasteiger partial charge in [0.05, 0.1) is 18.3 Å². The van der Waals surface area contributed by atoms with Crippen LogP contribution in [0.1, 0.15) is 19.8 Å². The van der Waals surface area contributed by atoms with E-state index >= 15 is 0 Å². The van der Waals surface area contributed by atoms with Gasteiger partial charge in [0.15, 0.2) is 0 Å². The van der Waals surface area contributed by atoms with E-state index in [4.69, 9.17) is 0 Å². The Morgan fingerprint density at radius 1 is 1.19 bits per heavy atom. The highest BCUT2D eigenvalue weighted by Gasteiger charge is 2.28. The number of amides is 2. The van der Waals surface area contributed by atoms with Gasteiger partial charge in [-0.2, -0.15) is 0 Å². The van der Waals surface area contributed by atoms with Crippen LogP contribution in [0.5, 0.6) is 0 Å². The number of carbonyl (C=O) groups is 2. The minimum absolute atomic E-state index is 0.0290. The van der Waals surface area contributed by atoms with Crippen molar-refractivity contribution in [3.63, 3.8) is 0 Å². The molecule has 1 aromatic rings. The second-order valence-corrected chi connectivity index (χ2v) is 6.94. The Balaban J connectivity index is 1.45. The molecule has 2 N–H and O–H groups in total. The Kier molecular flexibility index (Phi) is 5.83. The number of nitrogens with zero attached hydrogens (tertiary/aromatic N) is 2. The van der Waals surface area contributed by atoms with Gasteiger partial charge in [-0.25, -0.2) is 8.78 Å². The monoisotopic (exact) mass is 366 g/mol. The first-order valence-corrected chi connectivity index (χ1v) is 8.94. The quantitative estimate of drug-likeness (QED) is 0.794. The molecule has 1 atom stereocenters. The van der Waals surface area contributed by atoms with Crippen molar-refractivity contribution in [1.82, 2.24) is 15.1 Å². The van der Waals surface area contributed by atoms with Gasteiger partial charge in [0.2, 0.25) is 11.8 Å². The molecule has 0 spiro atoms. The molecule has 8 heteroatoms. The van der Waals surface area contributed by atoms with E-state index < -0.39 is 17.7 Å². The molecule has 1 aliphatic carbocycles. The number of carbonyl (C=O) groups excluding carboxylic acids is 2. The van der Waals surface area contributed by atoms with Crippen LogP contribution in [0.2, 0.25) is 0 Å². The van der Waals surface area contributed by atoms with Crippen LogP contribution in [0, 0.1) is 11.6 Å². The average Bonchev–Trinajstić information content (AvgIpc) is 3.41. The number of hydrogen-bond acceptors (Lipinski definition) is 4. The Morgan fingerprint density at radius 3 is 2.50 bits per heavy atom. The zero-order valence-corrected chi connectivity index (χ0v) is 14.8. The average molecular weight is 366 g/mol. The first-order valence-electron chi connectivity index (χ1n) is 8.94. The van der Waals surface area contributed by atoms with Crippen molar-refractivity contribution < 1.29 is 18.4 Å². The highest BCUT2D eigenvalue weighted by Crippen LogP contribution is 2.19. The maximum Gasteiger partial charge on any atom is 0.241 e. The standard InChI is InChI=1S/C18H24F2N4O2/c1-12(18(26)22-16-5-2-13(19)10-15(16)20)24-8-6-23(7-9-24)11-17(25)21-14-3-4-14/h2,5,10,12,14H,3-4,6-9,11H2,1H3,(H,21,25)(H,22,26)/t12-/m1/s1.